The lowest BCUT2D eigenvalue weighted by Gasteiger charge is -2.14. The smallest absolute Gasteiger partial charge is 0.342 e. The first kappa shape index (κ1) is 19.1. The molecule has 0 aliphatic rings. The summed E-state index contributed by atoms with van der Waals surface area (Å²) >= 11 is 5.74. The number of hydrogen-bond donors (Lipinski definition) is 2. The predicted molar refractivity (Wildman–Crippen MR) is 89.7 cm³/mol. The van der Waals surface area contributed by atoms with Crippen molar-refractivity contribution in [1.29, 1.82) is 0 Å². The van der Waals surface area contributed by atoms with Crippen LogP contribution in [0.25, 0.3) is 0 Å². The molecule has 0 spiro atoms. The van der Waals surface area contributed by atoms with Crippen LogP contribution in [0.3, 0.4) is 0 Å². The van der Waals surface area contributed by atoms with Gasteiger partial charge in [0.15, 0.2) is 6.10 Å². The Balaban J connectivity index is 2.08. The van der Waals surface area contributed by atoms with Gasteiger partial charge >= 0.3 is 11.7 Å². The van der Waals surface area contributed by atoms with Gasteiger partial charge in [-0.15, -0.1) is 0 Å². The van der Waals surface area contributed by atoms with Crippen LogP contribution in [-0.2, 0) is 9.53 Å². The van der Waals surface area contributed by atoms with Gasteiger partial charge in [-0.05, 0) is 37.3 Å². The van der Waals surface area contributed by atoms with Crippen LogP contribution in [0.4, 0.5) is 15.8 Å². The van der Waals surface area contributed by atoms with E-state index in [1.807, 2.05) is 0 Å². The Hall–Kier alpha value is -3.20. The van der Waals surface area contributed by atoms with E-state index in [2.05, 4.69) is 5.32 Å². The maximum absolute atomic E-state index is 13.3. The number of nitro groups is 1. The molecule has 1 atom stereocenters. The minimum absolute atomic E-state index is 0.0448. The summed E-state index contributed by atoms with van der Waals surface area (Å²) in [6.45, 7) is 1.26. The molecule has 0 radical (unpaired) electrons. The summed E-state index contributed by atoms with van der Waals surface area (Å²) in [6.07, 6.45) is -1.30. The van der Waals surface area contributed by atoms with E-state index in [-0.39, 0.29) is 22.0 Å². The van der Waals surface area contributed by atoms with Crippen molar-refractivity contribution in [3.05, 3.63) is 62.9 Å². The van der Waals surface area contributed by atoms with E-state index < -0.39 is 34.4 Å². The van der Waals surface area contributed by atoms with Crippen LogP contribution in [0.5, 0.6) is 5.75 Å². The number of carbonyl (C=O) groups is 2. The molecule has 8 nitrogen and oxygen atoms in total. The van der Waals surface area contributed by atoms with Crippen molar-refractivity contribution in [2.75, 3.05) is 5.32 Å². The lowest BCUT2D eigenvalue weighted by Crippen LogP contribution is -2.30. The fourth-order valence-electron chi connectivity index (χ4n) is 1.92. The van der Waals surface area contributed by atoms with Crippen molar-refractivity contribution >= 4 is 34.9 Å². The lowest BCUT2D eigenvalue weighted by atomic mass is 10.2. The second-order valence-electron chi connectivity index (χ2n) is 5.12. The van der Waals surface area contributed by atoms with Gasteiger partial charge in [0.05, 0.1) is 4.92 Å². The molecule has 0 aromatic heterocycles. The molecule has 10 heteroatoms. The number of amides is 1. The predicted octanol–water partition coefficient (Wildman–Crippen LogP) is 3.28. The summed E-state index contributed by atoms with van der Waals surface area (Å²) in [5.41, 5.74) is -1.08. The van der Waals surface area contributed by atoms with Crippen LogP contribution in [0, 0.1) is 15.9 Å². The van der Waals surface area contributed by atoms with Crippen molar-refractivity contribution in [1.82, 2.24) is 0 Å². The van der Waals surface area contributed by atoms with Gasteiger partial charge in [-0.1, -0.05) is 11.6 Å². The fourth-order valence-corrected chi connectivity index (χ4v) is 2.10. The zero-order chi connectivity index (χ0) is 19.4. The molecule has 0 saturated heterocycles. The average molecular weight is 383 g/mol. The van der Waals surface area contributed by atoms with E-state index in [0.29, 0.717) is 0 Å². The molecule has 2 rings (SSSR count). The lowest BCUT2D eigenvalue weighted by molar-refractivity contribution is -0.387. The van der Waals surface area contributed by atoms with Gasteiger partial charge in [-0.25, -0.2) is 4.79 Å². The number of phenolic OH excluding ortho intramolecular Hbond substituents is 1. The fraction of sp³-hybridized carbons (Fsp3) is 0.125. The first-order valence-electron chi connectivity index (χ1n) is 7.13. The first-order chi connectivity index (χ1) is 12.2. The Kier molecular flexibility index (Phi) is 5.73. The highest BCUT2D eigenvalue weighted by atomic mass is 35.5. The third kappa shape index (κ3) is 4.45. The molecule has 0 saturated carbocycles. The van der Waals surface area contributed by atoms with E-state index in [1.54, 1.807) is 0 Å². The van der Waals surface area contributed by atoms with Crippen molar-refractivity contribution < 1.29 is 28.7 Å². The van der Waals surface area contributed by atoms with Crippen molar-refractivity contribution in [3.8, 4) is 5.75 Å². The van der Waals surface area contributed by atoms with Crippen LogP contribution in [0.2, 0.25) is 5.02 Å². The van der Waals surface area contributed by atoms with Gasteiger partial charge in [-0.3, -0.25) is 14.9 Å². The third-order valence-corrected chi connectivity index (χ3v) is 3.48. The standard InChI is InChI=1S/C16H12ClFN2O6/c1-8(26-16(23)11-6-9(17)2-5-14(11)21)15(22)19-10-3-4-12(18)13(7-10)20(24)25/h2-8,21H,1H3,(H,19,22)/t8-/m1/s1. The van der Waals surface area contributed by atoms with Crippen LogP contribution in [0.1, 0.15) is 17.3 Å². The van der Waals surface area contributed by atoms with Crippen LogP contribution in [0.15, 0.2) is 36.4 Å². The molecule has 26 heavy (non-hydrogen) atoms. The normalized spacial score (nSPS) is 11.5. The number of rotatable bonds is 5. The maximum Gasteiger partial charge on any atom is 0.342 e. The summed E-state index contributed by atoms with van der Waals surface area (Å²) < 4.78 is 18.2. The molecule has 1 amide bonds. The number of anilines is 1. The van der Waals surface area contributed by atoms with Crippen LogP contribution in [-0.4, -0.2) is 28.0 Å². The maximum atomic E-state index is 13.3. The van der Waals surface area contributed by atoms with Gasteiger partial charge in [0, 0.05) is 16.8 Å². The molecule has 2 aromatic rings. The summed E-state index contributed by atoms with van der Waals surface area (Å²) in [4.78, 5) is 33.8. The van der Waals surface area contributed by atoms with Gasteiger partial charge in [0.1, 0.15) is 11.3 Å². The second-order valence-corrected chi connectivity index (χ2v) is 5.56. The number of aromatic hydroxyl groups is 1. The van der Waals surface area contributed by atoms with Gasteiger partial charge in [-0.2, -0.15) is 4.39 Å². The van der Waals surface area contributed by atoms with Crippen molar-refractivity contribution in [2.45, 2.75) is 13.0 Å². The number of phenols is 1. The van der Waals surface area contributed by atoms with Gasteiger partial charge in [0.25, 0.3) is 5.91 Å². The molecule has 0 heterocycles. The molecule has 0 bridgehead atoms. The molecule has 0 aliphatic heterocycles. The van der Waals surface area contributed by atoms with Gasteiger partial charge < -0.3 is 15.2 Å². The quantitative estimate of drug-likeness (QED) is 0.465. The topological polar surface area (TPSA) is 119 Å². The molecule has 2 aromatic carbocycles. The molecule has 2 N–H and O–H groups in total. The SMILES string of the molecule is C[C@@H](OC(=O)c1cc(Cl)ccc1O)C(=O)Nc1ccc(F)c([N+](=O)[O-])c1. The molecule has 0 unspecified atom stereocenters. The van der Waals surface area contributed by atoms with E-state index in [0.717, 1.165) is 18.2 Å². The van der Waals surface area contributed by atoms with Crippen LogP contribution >= 0.6 is 11.6 Å². The summed E-state index contributed by atoms with van der Waals surface area (Å²) in [5, 5.41) is 22.8. The van der Waals surface area contributed by atoms with Crippen LogP contribution < -0.4 is 5.32 Å². The Morgan fingerprint density at radius 1 is 1.31 bits per heavy atom. The summed E-state index contributed by atoms with van der Waals surface area (Å²) in [7, 11) is 0. The van der Waals surface area contributed by atoms with E-state index in [9.17, 15) is 29.2 Å². The average Bonchev–Trinajstić information content (AvgIpc) is 2.58. The van der Waals surface area contributed by atoms with E-state index in [1.165, 1.54) is 25.1 Å². The number of nitrogens with one attached hydrogen (secondary N) is 1. The Bertz CT molecular complexity index is 889. The Morgan fingerprint density at radius 2 is 2.00 bits per heavy atom. The number of esters is 1. The number of nitrogens with zero attached hydrogens (tertiary/aromatic N) is 1. The number of hydrogen-bond acceptors (Lipinski definition) is 6. The van der Waals surface area contributed by atoms with E-state index in [4.69, 9.17) is 16.3 Å². The monoisotopic (exact) mass is 382 g/mol. The largest absolute Gasteiger partial charge is 0.507 e. The molecule has 136 valence electrons. The van der Waals surface area contributed by atoms with Crippen molar-refractivity contribution in [2.24, 2.45) is 0 Å². The minimum atomic E-state index is -1.30. The summed E-state index contributed by atoms with van der Waals surface area (Å²) in [5.74, 6) is -3.22. The minimum Gasteiger partial charge on any atom is -0.507 e. The molecule has 0 aliphatic carbocycles. The highest BCUT2D eigenvalue weighted by Crippen LogP contribution is 2.24. The second kappa shape index (κ2) is 7.79. The molecular formula is C16H12ClFN2O6. The first-order valence-corrected chi connectivity index (χ1v) is 7.51. The van der Waals surface area contributed by atoms with Gasteiger partial charge in [0.2, 0.25) is 5.82 Å². The number of nitro benzene ring substituents is 1. The Morgan fingerprint density at radius 3 is 2.65 bits per heavy atom. The number of ether oxygens (including phenoxy) is 1. The van der Waals surface area contributed by atoms with Crippen molar-refractivity contribution in [3.63, 3.8) is 0 Å². The highest BCUT2D eigenvalue weighted by molar-refractivity contribution is 6.31. The number of carbonyl (C=O) groups excluding carboxylic acids is 2. The zero-order valence-corrected chi connectivity index (χ0v) is 14.0. The third-order valence-electron chi connectivity index (χ3n) is 3.24. The zero-order valence-electron chi connectivity index (χ0n) is 13.2. The van der Waals surface area contributed by atoms with E-state index >= 15 is 0 Å². The summed E-state index contributed by atoms with van der Waals surface area (Å²) in [6, 6.07) is 6.52. The number of halogens is 2. The number of benzene rings is 2. The molecular weight excluding hydrogens is 371 g/mol. The Labute approximate surface area is 151 Å². The molecule has 0 fully saturated rings. The highest BCUT2D eigenvalue weighted by Gasteiger charge is 2.22.